The van der Waals surface area contributed by atoms with Gasteiger partial charge in [0.25, 0.3) is 5.91 Å². The summed E-state index contributed by atoms with van der Waals surface area (Å²) in [5, 5.41) is 0. The number of rotatable bonds is 7. The van der Waals surface area contributed by atoms with Crippen LogP contribution < -0.4 is 0 Å². The van der Waals surface area contributed by atoms with Crippen molar-refractivity contribution in [2.24, 2.45) is 0 Å². The van der Waals surface area contributed by atoms with Crippen LogP contribution >= 0.6 is 0 Å². The monoisotopic (exact) mass is 428 g/mol. The minimum atomic E-state index is -3.52. The third kappa shape index (κ3) is 4.58. The fourth-order valence-corrected chi connectivity index (χ4v) is 7.06. The zero-order valence-electron chi connectivity index (χ0n) is 16.2. The molecule has 28 heavy (non-hydrogen) atoms. The van der Waals surface area contributed by atoms with Crippen molar-refractivity contribution in [1.29, 1.82) is 0 Å². The van der Waals surface area contributed by atoms with Crippen LogP contribution in [0.4, 0.5) is 0 Å². The predicted molar refractivity (Wildman–Crippen MR) is 107 cm³/mol. The van der Waals surface area contributed by atoms with Crippen LogP contribution in [0.5, 0.6) is 0 Å². The van der Waals surface area contributed by atoms with Gasteiger partial charge in [0.2, 0.25) is 10.0 Å². The number of sulfonamides is 1. The number of amides is 1. The van der Waals surface area contributed by atoms with Gasteiger partial charge in [0.15, 0.2) is 9.84 Å². The van der Waals surface area contributed by atoms with Gasteiger partial charge in [-0.15, -0.1) is 0 Å². The van der Waals surface area contributed by atoms with E-state index in [1.54, 1.807) is 4.90 Å². The summed E-state index contributed by atoms with van der Waals surface area (Å²) in [5.74, 6) is -0.120. The first-order valence-electron chi connectivity index (χ1n) is 9.86. The molecule has 1 aromatic rings. The molecule has 1 amide bonds. The maximum atomic E-state index is 13.0. The summed E-state index contributed by atoms with van der Waals surface area (Å²) in [6, 6.07) is 5.72. The summed E-state index contributed by atoms with van der Waals surface area (Å²) < 4.78 is 50.4. The first-order valence-corrected chi connectivity index (χ1v) is 13.1. The molecule has 1 aromatic carbocycles. The zero-order valence-corrected chi connectivity index (χ0v) is 17.8. The third-order valence-corrected chi connectivity index (χ3v) is 9.13. The number of carbonyl (C=O) groups excluding carboxylic acids is 1. The van der Waals surface area contributed by atoms with Crippen molar-refractivity contribution in [3.8, 4) is 0 Å². The number of carbonyl (C=O) groups is 1. The second-order valence-corrected chi connectivity index (χ2v) is 11.7. The summed E-state index contributed by atoms with van der Waals surface area (Å²) in [6.07, 6.45) is 3.89. The molecule has 7 nitrogen and oxygen atoms in total. The number of hydrogen-bond donors (Lipinski definition) is 0. The molecule has 9 heteroatoms. The summed E-state index contributed by atoms with van der Waals surface area (Å²) >= 11 is 0. The smallest absolute Gasteiger partial charge is 0.254 e. The lowest BCUT2D eigenvalue weighted by atomic mass is 10.1. The highest BCUT2D eigenvalue weighted by Gasteiger charge is 2.35. The Labute approximate surface area is 167 Å². The van der Waals surface area contributed by atoms with Gasteiger partial charge >= 0.3 is 0 Å². The Bertz CT molecular complexity index is 904. The van der Waals surface area contributed by atoms with Crippen molar-refractivity contribution < 1.29 is 21.6 Å². The van der Waals surface area contributed by atoms with Crippen molar-refractivity contribution in [3.63, 3.8) is 0 Å². The molecule has 0 spiro atoms. The van der Waals surface area contributed by atoms with E-state index >= 15 is 0 Å². The number of hydrogen-bond acceptors (Lipinski definition) is 5. The van der Waals surface area contributed by atoms with Crippen LogP contribution in [0.2, 0.25) is 0 Å². The van der Waals surface area contributed by atoms with Crippen molar-refractivity contribution >= 4 is 25.8 Å². The maximum absolute atomic E-state index is 13.0. The quantitative estimate of drug-likeness (QED) is 0.661. The molecular formula is C19H28N2O5S2. The van der Waals surface area contributed by atoms with E-state index in [1.165, 1.54) is 28.6 Å². The summed E-state index contributed by atoms with van der Waals surface area (Å²) in [4.78, 5) is 14.9. The molecule has 0 radical (unpaired) electrons. The fourth-order valence-electron chi connectivity index (χ4n) is 3.81. The van der Waals surface area contributed by atoms with Crippen LogP contribution in [-0.2, 0) is 19.9 Å². The number of benzene rings is 1. The van der Waals surface area contributed by atoms with Crippen LogP contribution in [0.1, 0.15) is 49.4 Å². The van der Waals surface area contributed by atoms with E-state index < -0.39 is 19.9 Å². The van der Waals surface area contributed by atoms with Gasteiger partial charge in [0, 0.05) is 31.2 Å². The second kappa shape index (κ2) is 8.51. The van der Waals surface area contributed by atoms with Crippen molar-refractivity contribution in [1.82, 2.24) is 9.21 Å². The molecular weight excluding hydrogens is 400 g/mol. The molecule has 0 unspecified atom stereocenters. The average Bonchev–Trinajstić information content (AvgIpc) is 3.32. The van der Waals surface area contributed by atoms with E-state index in [4.69, 9.17) is 0 Å². The van der Waals surface area contributed by atoms with E-state index in [2.05, 4.69) is 0 Å². The first-order chi connectivity index (χ1) is 13.2. The highest BCUT2D eigenvalue weighted by atomic mass is 32.2. The highest BCUT2D eigenvalue weighted by molar-refractivity contribution is 7.91. The molecule has 0 N–H and O–H groups in total. The topological polar surface area (TPSA) is 91.8 Å². The third-order valence-electron chi connectivity index (χ3n) is 5.47. The van der Waals surface area contributed by atoms with Gasteiger partial charge in [-0.05, 0) is 49.9 Å². The summed E-state index contributed by atoms with van der Waals surface area (Å²) in [6.45, 7) is 3.59. The van der Waals surface area contributed by atoms with Gasteiger partial charge in [-0.2, -0.15) is 4.31 Å². The standard InChI is InChI=1S/C19H28N2O5S2/c1-2-3-13-21(17-10-14-27(23,24)15-17)19(22)16-6-8-18(9-7-16)28(25,26)20-11-4-5-12-20/h6-9,17H,2-5,10-15H2,1H3/t17-/m0/s1. The summed E-state index contributed by atoms with van der Waals surface area (Å²) in [7, 11) is -6.61. The Morgan fingerprint density at radius 3 is 2.36 bits per heavy atom. The lowest BCUT2D eigenvalue weighted by molar-refractivity contribution is 0.0694. The van der Waals surface area contributed by atoms with Gasteiger partial charge < -0.3 is 4.90 Å². The van der Waals surface area contributed by atoms with Gasteiger partial charge in [-0.25, -0.2) is 16.8 Å². The molecule has 2 fully saturated rings. The van der Waals surface area contributed by atoms with Crippen LogP contribution in [0.25, 0.3) is 0 Å². The van der Waals surface area contributed by atoms with Crippen LogP contribution in [0.3, 0.4) is 0 Å². The van der Waals surface area contributed by atoms with E-state index in [-0.39, 0.29) is 28.4 Å². The number of unbranched alkanes of at least 4 members (excludes halogenated alkanes) is 1. The molecule has 2 saturated heterocycles. The van der Waals surface area contributed by atoms with E-state index in [9.17, 15) is 21.6 Å². The van der Waals surface area contributed by atoms with Gasteiger partial charge in [0.1, 0.15) is 0 Å². The predicted octanol–water partition coefficient (Wildman–Crippen LogP) is 1.90. The Morgan fingerprint density at radius 1 is 1.18 bits per heavy atom. The van der Waals surface area contributed by atoms with Gasteiger partial charge in [0.05, 0.1) is 16.4 Å². The molecule has 0 aliphatic carbocycles. The van der Waals surface area contributed by atoms with Gasteiger partial charge in [-0.3, -0.25) is 4.79 Å². The van der Waals surface area contributed by atoms with Crippen LogP contribution in [-0.4, -0.2) is 69.1 Å². The van der Waals surface area contributed by atoms with Gasteiger partial charge in [-0.1, -0.05) is 13.3 Å². The van der Waals surface area contributed by atoms with Crippen molar-refractivity contribution in [3.05, 3.63) is 29.8 Å². The Kier molecular flexibility index (Phi) is 6.46. The Balaban J connectivity index is 1.79. The van der Waals surface area contributed by atoms with Crippen molar-refractivity contribution in [2.75, 3.05) is 31.1 Å². The second-order valence-electron chi connectivity index (χ2n) is 7.54. The molecule has 1 atom stereocenters. The van der Waals surface area contributed by atoms with E-state index in [1.807, 2.05) is 6.92 Å². The molecule has 0 saturated carbocycles. The fraction of sp³-hybridized carbons (Fsp3) is 0.632. The molecule has 0 aromatic heterocycles. The average molecular weight is 429 g/mol. The van der Waals surface area contributed by atoms with Crippen LogP contribution in [0, 0.1) is 0 Å². The molecule has 2 aliphatic rings. The van der Waals surface area contributed by atoms with Crippen LogP contribution in [0.15, 0.2) is 29.2 Å². The molecule has 2 heterocycles. The van der Waals surface area contributed by atoms with E-state index in [0.717, 1.165) is 25.7 Å². The largest absolute Gasteiger partial charge is 0.335 e. The molecule has 3 rings (SSSR count). The minimum Gasteiger partial charge on any atom is -0.335 e. The Hall–Kier alpha value is -1.45. The molecule has 2 aliphatic heterocycles. The zero-order chi connectivity index (χ0) is 20.4. The SMILES string of the molecule is CCCCN(C(=O)c1ccc(S(=O)(=O)N2CCCC2)cc1)[C@H]1CCS(=O)(=O)C1. The molecule has 156 valence electrons. The lowest BCUT2D eigenvalue weighted by Gasteiger charge is -2.28. The van der Waals surface area contributed by atoms with Crippen molar-refractivity contribution in [2.45, 2.75) is 50.0 Å². The number of nitrogens with zero attached hydrogens (tertiary/aromatic N) is 2. The highest BCUT2D eigenvalue weighted by Crippen LogP contribution is 2.24. The maximum Gasteiger partial charge on any atom is 0.254 e. The van der Waals surface area contributed by atoms with E-state index in [0.29, 0.717) is 31.6 Å². The lowest BCUT2D eigenvalue weighted by Crippen LogP contribution is -2.41. The Morgan fingerprint density at radius 2 is 1.82 bits per heavy atom. The summed E-state index contributed by atoms with van der Waals surface area (Å²) in [5.41, 5.74) is 0.390. The minimum absolute atomic E-state index is 0.00385. The first kappa shape index (κ1) is 21.3. The normalized spacial score (nSPS) is 22.4. The number of sulfone groups is 1. The molecule has 0 bridgehead atoms.